The summed E-state index contributed by atoms with van der Waals surface area (Å²) >= 11 is 0. The minimum Gasteiger partial charge on any atom is -0.459 e. The molecule has 9 heteroatoms. The van der Waals surface area contributed by atoms with Crippen molar-refractivity contribution in [1.29, 1.82) is 0 Å². The van der Waals surface area contributed by atoms with Crippen molar-refractivity contribution < 1.29 is 26.7 Å². The second kappa shape index (κ2) is 6.12. The smallest absolute Gasteiger partial charge is 0.416 e. The number of nitrogens with one attached hydrogen (secondary N) is 1. The molecule has 0 saturated heterocycles. The zero-order valence-corrected chi connectivity index (χ0v) is 11.2. The van der Waals surface area contributed by atoms with Crippen LogP contribution in [0.2, 0.25) is 0 Å². The number of hydrogen-bond acceptors (Lipinski definition) is 4. The van der Waals surface area contributed by atoms with E-state index >= 15 is 0 Å². The molecule has 0 saturated carbocycles. The van der Waals surface area contributed by atoms with Crippen LogP contribution in [-0.4, -0.2) is 17.0 Å². The third kappa shape index (κ3) is 3.60. The Morgan fingerprint density at radius 1 is 1.23 bits per heavy atom. The number of benzene rings is 1. The van der Waals surface area contributed by atoms with E-state index in [1.165, 1.54) is 7.05 Å². The third-order valence-corrected chi connectivity index (χ3v) is 2.69. The van der Waals surface area contributed by atoms with E-state index in [1.54, 1.807) is 0 Å². The quantitative estimate of drug-likeness (QED) is 0.878. The lowest BCUT2D eigenvalue weighted by atomic mass is 10.1. The van der Waals surface area contributed by atoms with Crippen molar-refractivity contribution in [2.75, 3.05) is 12.4 Å². The highest BCUT2D eigenvalue weighted by Gasteiger charge is 2.34. The molecule has 2 rings (SSSR count). The molecule has 0 amide bonds. The fourth-order valence-corrected chi connectivity index (χ4v) is 1.68. The molecule has 1 N–H and O–H groups in total. The molecule has 0 atom stereocenters. The van der Waals surface area contributed by atoms with E-state index in [1.807, 2.05) is 0 Å². The van der Waals surface area contributed by atoms with Crippen molar-refractivity contribution in [1.82, 2.24) is 9.97 Å². The van der Waals surface area contributed by atoms with Gasteiger partial charge in [0.05, 0.1) is 11.8 Å². The highest BCUT2D eigenvalue weighted by molar-refractivity contribution is 5.35. The van der Waals surface area contributed by atoms with Crippen molar-refractivity contribution in [2.24, 2.45) is 0 Å². The zero-order chi connectivity index (χ0) is 16.3. The van der Waals surface area contributed by atoms with Crippen LogP contribution >= 0.6 is 0 Å². The van der Waals surface area contributed by atoms with Gasteiger partial charge >= 0.3 is 12.2 Å². The van der Waals surface area contributed by atoms with Crippen molar-refractivity contribution in [3.63, 3.8) is 0 Å². The monoisotopic (exact) mass is 319 g/mol. The molecule has 0 aliphatic rings. The molecule has 2 aromatic rings. The van der Waals surface area contributed by atoms with Crippen LogP contribution in [-0.2, 0) is 12.8 Å². The molecular formula is C13H10F5N3O. The van der Waals surface area contributed by atoms with Gasteiger partial charge in [0.15, 0.2) is 11.6 Å². The molecule has 22 heavy (non-hydrogen) atoms. The lowest BCUT2D eigenvalue weighted by molar-refractivity contribution is -0.138. The summed E-state index contributed by atoms with van der Waals surface area (Å²) in [5, 5.41) is 2.44. The Balaban J connectivity index is 2.22. The van der Waals surface area contributed by atoms with E-state index in [0.29, 0.717) is 6.07 Å². The summed E-state index contributed by atoms with van der Waals surface area (Å²) in [7, 11) is 1.41. The van der Waals surface area contributed by atoms with Gasteiger partial charge in [0.1, 0.15) is 12.4 Å². The SMILES string of the molecule is CNc1nc(OCc2ccc(F)cc2C(F)(F)F)ncc1F. The average molecular weight is 319 g/mol. The second-order valence-corrected chi connectivity index (χ2v) is 4.19. The normalized spacial score (nSPS) is 11.4. The number of nitrogens with zero attached hydrogens (tertiary/aromatic N) is 2. The topological polar surface area (TPSA) is 47.0 Å². The molecular weight excluding hydrogens is 309 g/mol. The molecule has 0 spiro atoms. The first kappa shape index (κ1) is 15.9. The van der Waals surface area contributed by atoms with Gasteiger partial charge in [-0.1, -0.05) is 6.07 Å². The van der Waals surface area contributed by atoms with Crippen molar-refractivity contribution in [2.45, 2.75) is 12.8 Å². The minimum atomic E-state index is -4.72. The van der Waals surface area contributed by atoms with Crippen molar-refractivity contribution in [3.8, 4) is 6.01 Å². The summed E-state index contributed by atoms with van der Waals surface area (Å²) in [5.74, 6) is -1.89. The predicted molar refractivity (Wildman–Crippen MR) is 67.3 cm³/mol. The summed E-state index contributed by atoms with van der Waals surface area (Å²) in [6.07, 6.45) is -3.90. The molecule has 0 unspecified atom stereocenters. The van der Waals surface area contributed by atoms with Gasteiger partial charge in [0, 0.05) is 12.6 Å². The van der Waals surface area contributed by atoms with Crippen LogP contribution < -0.4 is 10.1 Å². The van der Waals surface area contributed by atoms with Crippen LogP contribution in [0.1, 0.15) is 11.1 Å². The first-order valence-electron chi connectivity index (χ1n) is 6.00. The van der Waals surface area contributed by atoms with E-state index in [2.05, 4.69) is 15.3 Å². The number of anilines is 1. The van der Waals surface area contributed by atoms with Crippen molar-refractivity contribution in [3.05, 3.63) is 47.2 Å². The van der Waals surface area contributed by atoms with E-state index in [0.717, 1.165) is 18.3 Å². The van der Waals surface area contributed by atoms with Crippen molar-refractivity contribution >= 4 is 5.82 Å². The summed E-state index contributed by atoms with van der Waals surface area (Å²) < 4.78 is 69.6. The van der Waals surface area contributed by atoms with Crippen LogP contribution in [0.3, 0.4) is 0 Å². The number of hydrogen-bond donors (Lipinski definition) is 1. The Morgan fingerprint density at radius 2 is 1.95 bits per heavy atom. The summed E-state index contributed by atoms with van der Waals surface area (Å²) in [5.41, 5.74) is -1.43. The van der Waals surface area contributed by atoms with Crippen LogP contribution in [0.5, 0.6) is 6.01 Å². The van der Waals surface area contributed by atoms with Gasteiger partial charge < -0.3 is 10.1 Å². The van der Waals surface area contributed by atoms with E-state index in [4.69, 9.17) is 4.74 Å². The maximum atomic E-state index is 13.2. The second-order valence-electron chi connectivity index (χ2n) is 4.19. The number of alkyl halides is 3. The first-order chi connectivity index (χ1) is 10.3. The maximum Gasteiger partial charge on any atom is 0.416 e. The van der Waals surface area contributed by atoms with Gasteiger partial charge in [-0.05, 0) is 12.1 Å². The fraction of sp³-hybridized carbons (Fsp3) is 0.231. The number of aromatic nitrogens is 2. The maximum absolute atomic E-state index is 13.2. The molecule has 1 aromatic heterocycles. The van der Waals surface area contributed by atoms with Crippen LogP contribution in [0.15, 0.2) is 24.4 Å². The van der Waals surface area contributed by atoms with Gasteiger partial charge in [0.25, 0.3) is 0 Å². The molecule has 4 nitrogen and oxygen atoms in total. The van der Waals surface area contributed by atoms with Gasteiger partial charge in [-0.3, -0.25) is 0 Å². The Morgan fingerprint density at radius 3 is 2.59 bits per heavy atom. The molecule has 118 valence electrons. The van der Waals surface area contributed by atoms with Crippen LogP contribution in [0.4, 0.5) is 27.8 Å². The highest BCUT2D eigenvalue weighted by Crippen LogP contribution is 2.33. The van der Waals surface area contributed by atoms with Crippen LogP contribution in [0, 0.1) is 11.6 Å². The average Bonchev–Trinajstić information content (AvgIpc) is 2.46. The Labute approximate surface area is 122 Å². The fourth-order valence-electron chi connectivity index (χ4n) is 1.68. The molecule has 0 bridgehead atoms. The van der Waals surface area contributed by atoms with E-state index in [9.17, 15) is 22.0 Å². The standard InChI is InChI=1S/C13H10F5N3O/c1-19-11-10(15)5-20-12(21-11)22-6-7-2-3-8(14)4-9(7)13(16,17)18/h2-5H,6H2,1H3,(H,19,20,21). The largest absolute Gasteiger partial charge is 0.459 e. The lowest BCUT2D eigenvalue weighted by Gasteiger charge is -2.13. The molecule has 1 aromatic carbocycles. The van der Waals surface area contributed by atoms with Gasteiger partial charge in [-0.2, -0.15) is 18.2 Å². The molecule has 1 heterocycles. The number of rotatable bonds is 4. The number of halogens is 5. The zero-order valence-electron chi connectivity index (χ0n) is 11.2. The molecule has 0 fully saturated rings. The first-order valence-corrected chi connectivity index (χ1v) is 6.00. The third-order valence-electron chi connectivity index (χ3n) is 2.69. The number of ether oxygens (including phenoxy) is 1. The summed E-state index contributed by atoms with van der Waals surface area (Å²) in [6.45, 7) is -0.538. The minimum absolute atomic E-state index is 0.153. The van der Waals surface area contributed by atoms with Gasteiger partial charge in [-0.25, -0.2) is 13.8 Å². The van der Waals surface area contributed by atoms with Gasteiger partial charge in [0.2, 0.25) is 0 Å². The Hall–Kier alpha value is -2.45. The molecule has 0 aliphatic heterocycles. The lowest BCUT2D eigenvalue weighted by Crippen LogP contribution is -2.12. The Kier molecular flexibility index (Phi) is 4.43. The molecule has 0 aliphatic carbocycles. The van der Waals surface area contributed by atoms with Crippen LogP contribution in [0.25, 0.3) is 0 Å². The summed E-state index contributed by atoms with van der Waals surface area (Å²) in [6, 6.07) is 1.92. The highest BCUT2D eigenvalue weighted by atomic mass is 19.4. The Bertz CT molecular complexity index is 675. The van der Waals surface area contributed by atoms with E-state index < -0.39 is 30.0 Å². The van der Waals surface area contributed by atoms with Gasteiger partial charge in [-0.15, -0.1) is 0 Å². The van der Waals surface area contributed by atoms with E-state index in [-0.39, 0.29) is 17.4 Å². The predicted octanol–water partition coefficient (Wildman–Crippen LogP) is 3.39. The molecule has 0 radical (unpaired) electrons. The summed E-state index contributed by atoms with van der Waals surface area (Å²) in [4.78, 5) is 7.15.